The highest BCUT2D eigenvalue weighted by atomic mass is 32.2. The van der Waals surface area contributed by atoms with Crippen molar-refractivity contribution in [2.45, 2.75) is 31.9 Å². The third-order valence-electron chi connectivity index (χ3n) is 2.48. The first kappa shape index (κ1) is 11.7. The Labute approximate surface area is 91.1 Å². The van der Waals surface area contributed by atoms with E-state index in [2.05, 4.69) is 23.7 Å². The fraction of sp³-hybridized carbons (Fsp3) is 0.900. The van der Waals surface area contributed by atoms with Gasteiger partial charge in [0.1, 0.15) is 0 Å². The number of nitrogens with two attached hydrogens (primary N) is 1. The summed E-state index contributed by atoms with van der Waals surface area (Å²) in [5.74, 6) is 1.86. The first-order valence-electron chi connectivity index (χ1n) is 5.24. The lowest BCUT2D eigenvalue weighted by Gasteiger charge is -2.23. The number of guanidine groups is 1. The molecule has 1 aliphatic heterocycles. The molecule has 1 fully saturated rings. The van der Waals surface area contributed by atoms with Crippen molar-refractivity contribution in [3.05, 3.63) is 0 Å². The van der Waals surface area contributed by atoms with E-state index in [0.29, 0.717) is 10.7 Å². The number of thioether (sulfide) groups is 1. The van der Waals surface area contributed by atoms with Gasteiger partial charge in [0.05, 0.1) is 0 Å². The molecular weight excluding hydrogens is 194 g/mol. The van der Waals surface area contributed by atoms with Gasteiger partial charge in [-0.2, -0.15) is 11.8 Å². The third kappa shape index (κ3) is 3.40. The molecule has 0 aromatic heterocycles. The smallest absolute Gasteiger partial charge is 0.191 e. The van der Waals surface area contributed by atoms with Gasteiger partial charge in [-0.05, 0) is 13.3 Å². The van der Waals surface area contributed by atoms with Gasteiger partial charge in [0, 0.05) is 30.1 Å². The average Bonchev–Trinajstić information content (AvgIpc) is 2.27. The van der Waals surface area contributed by atoms with Crippen LogP contribution in [0.4, 0.5) is 0 Å². The van der Waals surface area contributed by atoms with Crippen LogP contribution in [0.5, 0.6) is 0 Å². The van der Waals surface area contributed by atoms with Crippen molar-refractivity contribution in [1.82, 2.24) is 4.90 Å². The molecule has 0 bridgehead atoms. The lowest BCUT2D eigenvalue weighted by molar-refractivity contribution is 0.417. The van der Waals surface area contributed by atoms with E-state index in [0.717, 1.165) is 25.4 Å². The Morgan fingerprint density at radius 3 is 2.86 bits per heavy atom. The second kappa shape index (κ2) is 4.91. The minimum atomic E-state index is 0.390. The van der Waals surface area contributed by atoms with Gasteiger partial charge < -0.3 is 10.6 Å². The fourth-order valence-electron chi connectivity index (χ4n) is 1.51. The number of hydrogen-bond donors (Lipinski definition) is 1. The zero-order valence-electron chi connectivity index (χ0n) is 9.42. The SMILES string of the molecule is CCN=C(N)N1CCSC(C)(C)CC1. The van der Waals surface area contributed by atoms with Gasteiger partial charge in [0.15, 0.2) is 5.96 Å². The Hall–Kier alpha value is -0.380. The predicted octanol–water partition coefficient (Wildman–Crippen LogP) is 1.54. The van der Waals surface area contributed by atoms with Crippen LogP contribution in [0.1, 0.15) is 27.2 Å². The van der Waals surface area contributed by atoms with E-state index >= 15 is 0 Å². The summed E-state index contributed by atoms with van der Waals surface area (Å²) in [6.45, 7) is 9.46. The fourth-order valence-corrected chi connectivity index (χ4v) is 2.61. The standard InChI is InChI=1S/C10H21N3S/c1-4-12-9(11)13-6-5-10(2,3)14-8-7-13/h4-8H2,1-3H3,(H2,11,12). The minimum absolute atomic E-state index is 0.390. The van der Waals surface area contributed by atoms with Crippen LogP contribution < -0.4 is 5.73 Å². The second-order valence-corrected chi connectivity index (χ2v) is 5.98. The molecule has 0 saturated carbocycles. The van der Waals surface area contributed by atoms with E-state index in [1.54, 1.807) is 0 Å². The lowest BCUT2D eigenvalue weighted by Crippen LogP contribution is -2.39. The molecule has 0 unspecified atom stereocenters. The van der Waals surface area contributed by atoms with Crippen LogP contribution in [-0.4, -0.2) is 41.0 Å². The molecule has 1 heterocycles. The van der Waals surface area contributed by atoms with E-state index in [-0.39, 0.29) is 0 Å². The van der Waals surface area contributed by atoms with Crippen molar-refractivity contribution >= 4 is 17.7 Å². The van der Waals surface area contributed by atoms with Crippen LogP contribution in [0.3, 0.4) is 0 Å². The van der Waals surface area contributed by atoms with Gasteiger partial charge in [-0.25, -0.2) is 0 Å². The van der Waals surface area contributed by atoms with Gasteiger partial charge >= 0.3 is 0 Å². The Morgan fingerprint density at radius 2 is 2.21 bits per heavy atom. The largest absolute Gasteiger partial charge is 0.370 e. The Bertz CT molecular complexity index is 213. The lowest BCUT2D eigenvalue weighted by atomic mass is 10.1. The van der Waals surface area contributed by atoms with Crippen molar-refractivity contribution < 1.29 is 0 Å². The molecule has 1 rings (SSSR count). The zero-order chi connectivity index (χ0) is 10.6. The van der Waals surface area contributed by atoms with E-state index in [1.807, 2.05) is 18.7 Å². The summed E-state index contributed by atoms with van der Waals surface area (Å²) in [6, 6.07) is 0. The Balaban J connectivity index is 2.54. The summed E-state index contributed by atoms with van der Waals surface area (Å²) in [5.41, 5.74) is 5.88. The third-order valence-corrected chi connectivity index (χ3v) is 3.85. The summed E-state index contributed by atoms with van der Waals surface area (Å²) in [7, 11) is 0. The maximum atomic E-state index is 5.88. The van der Waals surface area contributed by atoms with Crippen molar-refractivity contribution in [1.29, 1.82) is 0 Å². The number of rotatable bonds is 1. The molecule has 14 heavy (non-hydrogen) atoms. The minimum Gasteiger partial charge on any atom is -0.370 e. The van der Waals surface area contributed by atoms with Crippen molar-refractivity contribution in [2.24, 2.45) is 10.7 Å². The quantitative estimate of drug-likeness (QED) is 0.533. The van der Waals surface area contributed by atoms with E-state index in [4.69, 9.17) is 5.73 Å². The van der Waals surface area contributed by atoms with Gasteiger partial charge in [-0.1, -0.05) is 13.8 Å². The van der Waals surface area contributed by atoms with Crippen LogP contribution in [0.15, 0.2) is 4.99 Å². The topological polar surface area (TPSA) is 41.6 Å². The molecule has 82 valence electrons. The predicted molar refractivity (Wildman–Crippen MR) is 64.9 cm³/mol. The zero-order valence-corrected chi connectivity index (χ0v) is 10.2. The van der Waals surface area contributed by atoms with Crippen molar-refractivity contribution in [3.8, 4) is 0 Å². The first-order chi connectivity index (χ1) is 6.55. The molecule has 0 atom stereocenters. The molecule has 2 N–H and O–H groups in total. The van der Waals surface area contributed by atoms with Gasteiger partial charge in [0.25, 0.3) is 0 Å². The molecule has 0 spiro atoms. The van der Waals surface area contributed by atoms with Crippen LogP contribution in [0.2, 0.25) is 0 Å². The number of hydrogen-bond acceptors (Lipinski definition) is 2. The Kier molecular flexibility index (Phi) is 4.11. The maximum Gasteiger partial charge on any atom is 0.191 e. The molecule has 3 nitrogen and oxygen atoms in total. The van der Waals surface area contributed by atoms with Gasteiger partial charge in [-0.15, -0.1) is 0 Å². The van der Waals surface area contributed by atoms with Crippen LogP contribution in [0, 0.1) is 0 Å². The van der Waals surface area contributed by atoms with E-state index in [1.165, 1.54) is 6.42 Å². The molecule has 0 radical (unpaired) electrons. The normalized spacial score (nSPS) is 23.4. The molecule has 1 saturated heterocycles. The van der Waals surface area contributed by atoms with Crippen LogP contribution in [0.25, 0.3) is 0 Å². The van der Waals surface area contributed by atoms with Crippen molar-refractivity contribution in [2.75, 3.05) is 25.4 Å². The summed E-state index contributed by atoms with van der Waals surface area (Å²) in [4.78, 5) is 6.45. The second-order valence-electron chi connectivity index (χ2n) is 4.18. The van der Waals surface area contributed by atoms with E-state index in [9.17, 15) is 0 Å². The maximum absolute atomic E-state index is 5.88. The van der Waals surface area contributed by atoms with Gasteiger partial charge in [0.2, 0.25) is 0 Å². The molecule has 0 aromatic rings. The molecule has 0 aliphatic carbocycles. The average molecular weight is 215 g/mol. The van der Waals surface area contributed by atoms with Crippen LogP contribution in [-0.2, 0) is 0 Å². The monoisotopic (exact) mass is 215 g/mol. The highest BCUT2D eigenvalue weighted by Gasteiger charge is 2.24. The highest BCUT2D eigenvalue weighted by Crippen LogP contribution is 2.30. The summed E-state index contributed by atoms with van der Waals surface area (Å²) in [5, 5.41) is 0. The van der Waals surface area contributed by atoms with Crippen molar-refractivity contribution in [3.63, 3.8) is 0 Å². The Morgan fingerprint density at radius 1 is 1.50 bits per heavy atom. The number of aliphatic imine (C=N–C) groups is 1. The summed E-state index contributed by atoms with van der Waals surface area (Å²) < 4.78 is 0.390. The molecule has 1 aliphatic rings. The molecule has 4 heteroatoms. The van der Waals surface area contributed by atoms with Crippen LogP contribution >= 0.6 is 11.8 Å². The molecule has 0 aromatic carbocycles. The molecular formula is C10H21N3S. The first-order valence-corrected chi connectivity index (χ1v) is 6.22. The summed E-state index contributed by atoms with van der Waals surface area (Å²) >= 11 is 2.03. The van der Waals surface area contributed by atoms with Gasteiger partial charge in [-0.3, -0.25) is 4.99 Å². The highest BCUT2D eigenvalue weighted by molar-refractivity contribution is 8.00. The van der Waals surface area contributed by atoms with E-state index < -0.39 is 0 Å². The molecule has 0 amide bonds. The summed E-state index contributed by atoms with van der Waals surface area (Å²) in [6.07, 6.45) is 1.18. The number of nitrogens with zero attached hydrogens (tertiary/aromatic N) is 2.